The number of methoxy groups -OCH3 is 1. The molecule has 0 saturated heterocycles. The van der Waals surface area contributed by atoms with E-state index in [4.69, 9.17) is 0 Å². The van der Waals surface area contributed by atoms with E-state index in [0.29, 0.717) is 0 Å². The zero-order chi connectivity index (χ0) is 15.6. The van der Waals surface area contributed by atoms with Crippen LogP contribution in [0, 0.1) is 6.92 Å². The van der Waals surface area contributed by atoms with Crippen LogP contribution in [0.2, 0.25) is 0 Å². The molecule has 0 spiro atoms. The molecule has 1 rings (SSSR count). The van der Waals surface area contributed by atoms with E-state index in [2.05, 4.69) is 8.92 Å². The van der Waals surface area contributed by atoms with Crippen LogP contribution in [-0.4, -0.2) is 33.4 Å². The van der Waals surface area contributed by atoms with Crippen molar-refractivity contribution in [3.05, 3.63) is 29.3 Å². The minimum atomic E-state index is -4.94. The predicted octanol–water partition coefficient (Wildman–Crippen LogP) is 2.05. The molecule has 0 radical (unpaired) electrons. The van der Waals surface area contributed by atoms with Crippen molar-refractivity contribution in [3.8, 4) is 5.75 Å². The van der Waals surface area contributed by atoms with Gasteiger partial charge in [0, 0.05) is 0 Å². The second kappa shape index (κ2) is 5.70. The Morgan fingerprint density at radius 3 is 2.40 bits per heavy atom. The van der Waals surface area contributed by atoms with Crippen molar-refractivity contribution >= 4 is 16.1 Å². The van der Waals surface area contributed by atoms with Crippen molar-refractivity contribution in [1.29, 1.82) is 0 Å². The van der Waals surface area contributed by atoms with Crippen molar-refractivity contribution in [2.75, 3.05) is 12.9 Å². The molecule has 0 N–H and O–H groups in total. The van der Waals surface area contributed by atoms with Gasteiger partial charge < -0.3 is 8.92 Å². The number of ether oxygens (including phenoxy) is 1. The lowest BCUT2D eigenvalue weighted by Gasteiger charge is -2.13. The molecule has 112 valence electrons. The number of carbonyl (C=O) groups excluding carboxylic acids is 1. The molecule has 20 heavy (non-hydrogen) atoms. The number of halogens is 3. The van der Waals surface area contributed by atoms with Crippen LogP contribution in [-0.2, 0) is 14.9 Å². The molecule has 5 nitrogen and oxygen atoms in total. The van der Waals surface area contributed by atoms with Crippen LogP contribution in [0.15, 0.2) is 18.2 Å². The molecule has 0 aliphatic carbocycles. The number of alkyl halides is 3. The van der Waals surface area contributed by atoms with E-state index in [1.54, 1.807) is 0 Å². The Morgan fingerprint density at radius 1 is 1.30 bits per heavy atom. The number of para-hydroxylation sites is 1. The maximum Gasteiger partial charge on any atom is 0.406 e. The molecular weight excluding hydrogens is 301 g/mol. The zero-order valence-corrected chi connectivity index (χ0v) is 11.3. The number of hydrogen-bond acceptors (Lipinski definition) is 5. The van der Waals surface area contributed by atoms with Crippen LogP contribution in [0.5, 0.6) is 5.75 Å². The van der Waals surface area contributed by atoms with Gasteiger partial charge in [-0.3, -0.25) is 0 Å². The molecule has 1 aromatic carbocycles. The number of rotatable bonds is 4. The van der Waals surface area contributed by atoms with Gasteiger partial charge in [0.15, 0.2) is 11.5 Å². The first-order chi connectivity index (χ1) is 9.06. The van der Waals surface area contributed by atoms with Gasteiger partial charge in [0.1, 0.15) is 5.56 Å². The van der Waals surface area contributed by atoms with Crippen LogP contribution >= 0.6 is 0 Å². The number of esters is 1. The van der Waals surface area contributed by atoms with Crippen molar-refractivity contribution in [1.82, 2.24) is 0 Å². The molecule has 0 aromatic heterocycles. The van der Waals surface area contributed by atoms with Gasteiger partial charge in [0.25, 0.3) is 0 Å². The summed E-state index contributed by atoms with van der Waals surface area (Å²) in [6.45, 7) is 1.39. The third-order valence-corrected chi connectivity index (χ3v) is 3.27. The monoisotopic (exact) mass is 312 g/mol. The summed E-state index contributed by atoms with van der Waals surface area (Å²) in [5.41, 5.74) is -0.0723. The van der Waals surface area contributed by atoms with Gasteiger partial charge in [-0.05, 0) is 18.6 Å². The quantitative estimate of drug-likeness (QED) is 0.628. The van der Waals surface area contributed by atoms with Crippen molar-refractivity contribution in [2.24, 2.45) is 0 Å². The molecule has 1 aromatic rings. The van der Waals surface area contributed by atoms with Crippen LogP contribution in [0.1, 0.15) is 15.9 Å². The van der Waals surface area contributed by atoms with E-state index in [-0.39, 0.29) is 11.1 Å². The molecule has 0 saturated carbocycles. The summed E-state index contributed by atoms with van der Waals surface area (Å²) >= 11 is 0. The Balaban J connectivity index is 3.18. The second-order valence-electron chi connectivity index (χ2n) is 3.84. The fraction of sp³-hybridized carbons (Fsp3) is 0.364. The SMILES string of the molecule is COC(=O)c1cccc(C)c1OS(=O)(=O)CC(F)(F)F. The number of carbonyl (C=O) groups is 1. The van der Waals surface area contributed by atoms with Crippen LogP contribution in [0.25, 0.3) is 0 Å². The molecule has 0 aliphatic heterocycles. The highest BCUT2D eigenvalue weighted by molar-refractivity contribution is 7.87. The van der Waals surface area contributed by atoms with E-state index >= 15 is 0 Å². The van der Waals surface area contributed by atoms with Gasteiger partial charge in [-0.15, -0.1) is 0 Å². The smallest absolute Gasteiger partial charge is 0.406 e. The molecule has 0 bridgehead atoms. The van der Waals surface area contributed by atoms with Gasteiger partial charge in [0.05, 0.1) is 7.11 Å². The van der Waals surface area contributed by atoms with E-state index in [0.717, 1.165) is 7.11 Å². The van der Waals surface area contributed by atoms with Crippen LogP contribution in [0.3, 0.4) is 0 Å². The molecule has 0 amide bonds. The number of hydrogen-bond donors (Lipinski definition) is 0. The highest BCUT2D eigenvalue weighted by atomic mass is 32.2. The fourth-order valence-electron chi connectivity index (χ4n) is 1.39. The van der Waals surface area contributed by atoms with Gasteiger partial charge >= 0.3 is 22.3 Å². The second-order valence-corrected chi connectivity index (χ2v) is 5.41. The lowest BCUT2D eigenvalue weighted by Crippen LogP contribution is -2.27. The third-order valence-electron chi connectivity index (χ3n) is 2.17. The Morgan fingerprint density at radius 2 is 1.90 bits per heavy atom. The van der Waals surface area contributed by atoms with Crippen LogP contribution < -0.4 is 4.18 Å². The number of aryl methyl sites for hydroxylation is 1. The normalized spacial score (nSPS) is 12.1. The molecule has 0 heterocycles. The minimum absolute atomic E-state index is 0.193. The predicted molar refractivity (Wildman–Crippen MR) is 63.0 cm³/mol. The van der Waals surface area contributed by atoms with Crippen molar-refractivity contribution < 1.29 is 35.3 Å². The minimum Gasteiger partial charge on any atom is -0.465 e. The molecule has 0 aliphatic rings. The topological polar surface area (TPSA) is 69.7 Å². The largest absolute Gasteiger partial charge is 0.465 e. The van der Waals surface area contributed by atoms with Gasteiger partial charge in [-0.25, -0.2) is 4.79 Å². The first kappa shape index (κ1) is 16.3. The lowest BCUT2D eigenvalue weighted by atomic mass is 10.1. The van der Waals surface area contributed by atoms with E-state index in [1.807, 2.05) is 0 Å². The molecule has 0 unspecified atom stereocenters. The van der Waals surface area contributed by atoms with Gasteiger partial charge in [-0.1, -0.05) is 12.1 Å². The highest BCUT2D eigenvalue weighted by Gasteiger charge is 2.37. The maximum atomic E-state index is 12.1. The molecule has 0 atom stereocenters. The Kier molecular flexibility index (Phi) is 4.64. The molecule has 9 heteroatoms. The summed E-state index contributed by atoms with van der Waals surface area (Å²) in [7, 11) is -3.86. The van der Waals surface area contributed by atoms with Crippen molar-refractivity contribution in [2.45, 2.75) is 13.1 Å². The summed E-state index contributed by atoms with van der Waals surface area (Å²) < 4.78 is 67.9. The average molecular weight is 312 g/mol. The summed E-state index contributed by atoms with van der Waals surface area (Å²) in [4.78, 5) is 11.4. The Bertz CT molecular complexity index is 607. The Labute approximate surface area is 113 Å². The zero-order valence-electron chi connectivity index (χ0n) is 10.5. The molecule has 0 fully saturated rings. The van der Waals surface area contributed by atoms with Crippen LogP contribution in [0.4, 0.5) is 13.2 Å². The number of benzene rings is 1. The van der Waals surface area contributed by atoms with Gasteiger partial charge in [0.2, 0.25) is 0 Å². The van der Waals surface area contributed by atoms with E-state index in [9.17, 15) is 26.4 Å². The third kappa shape index (κ3) is 4.41. The maximum absolute atomic E-state index is 12.1. The molecular formula is C11H11F3O5S. The standard InChI is InChI=1S/C11H11F3O5S/c1-7-4-3-5-8(10(15)18-2)9(7)19-20(16,17)6-11(12,13)14/h3-5H,6H2,1-2H3. The average Bonchev–Trinajstić information content (AvgIpc) is 2.27. The lowest BCUT2D eigenvalue weighted by molar-refractivity contribution is -0.107. The van der Waals surface area contributed by atoms with E-state index in [1.165, 1.54) is 25.1 Å². The van der Waals surface area contributed by atoms with Crippen molar-refractivity contribution in [3.63, 3.8) is 0 Å². The highest BCUT2D eigenvalue weighted by Crippen LogP contribution is 2.27. The fourth-order valence-corrected chi connectivity index (χ4v) is 2.33. The van der Waals surface area contributed by atoms with E-state index < -0.39 is 33.8 Å². The Hall–Kier alpha value is -1.77. The summed E-state index contributed by atoms with van der Waals surface area (Å²) in [6.07, 6.45) is -4.94. The summed E-state index contributed by atoms with van der Waals surface area (Å²) in [6, 6.07) is 4.01. The van der Waals surface area contributed by atoms with Gasteiger partial charge in [-0.2, -0.15) is 21.6 Å². The summed E-state index contributed by atoms with van der Waals surface area (Å²) in [5.74, 6) is -3.52. The first-order valence-corrected chi connectivity index (χ1v) is 6.80. The first-order valence-electron chi connectivity index (χ1n) is 5.22. The summed E-state index contributed by atoms with van der Waals surface area (Å²) in [5, 5.41) is 0.